The minimum atomic E-state index is -0.639. The van der Waals surface area contributed by atoms with E-state index in [2.05, 4.69) is 9.97 Å². The second-order valence-corrected chi connectivity index (χ2v) is 8.65. The molecule has 32 heavy (non-hydrogen) atoms. The topological polar surface area (TPSA) is 108 Å². The lowest BCUT2D eigenvalue weighted by molar-refractivity contribution is 0.0709. The minimum absolute atomic E-state index is 0.0201. The van der Waals surface area contributed by atoms with Crippen LogP contribution in [-0.4, -0.2) is 43.6 Å². The first-order chi connectivity index (χ1) is 15.2. The molecule has 8 nitrogen and oxygen atoms in total. The van der Waals surface area contributed by atoms with E-state index in [0.717, 1.165) is 5.56 Å². The Balaban J connectivity index is 2.24. The molecule has 0 spiro atoms. The zero-order chi connectivity index (χ0) is 23.4. The van der Waals surface area contributed by atoms with Gasteiger partial charge < -0.3 is 10.0 Å². The number of hydrogen-bond acceptors (Lipinski definition) is 5. The number of carbonyl (C=O) groups is 1. The molecule has 2 heterocycles. The predicted molar refractivity (Wildman–Crippen MR) is 124 cm³/mol. The molecular weight excluding hydrogens is 408 g/mol. The molecule has 0 saturated carbocycles. The van der Waals surface area contributed by atoms with Crippen LogP contribution in [0.3, 0.4) is 0 Å². The molecule has 0 atom stereocenters. The number of hydrogen-bond donors (Lipinski definition) is 2. The molecule has 0 saturated heterocycles. The van der Waals surface area contributed by atoms with Gasteiger partial charge in [-0.05, 0) is 23.5 Å². The molecule has 2 N–H and O–H groups in total. The maximum absolute atomic E-state index is 13.6. The number of nitrogens with one attached hydrogen (secondary N) is 1. The van der Waals surface area contributed by atoms with Gasteiger partial charge in [-0.25, -0.2) is 9.78 Å². The Kier molecular flexibility index (Phi) is 7.25. The van der Waals surface area contributed by atoms with E-state index in [9.17, 15) is 19.5 Å². The first-order valence-corrected chi connectivity index (χ1v) is 10.8. The summed E-state index contributed by atoms with van der Waals surface area (Å²) < 4.78 is 1.43. The third-order valence-corrected chi connectivity index (χ3v) is 5.21. The van der Waals surface area contributed by atoms with Crippen molar-refractivity contribution in [3.63, 3.8) is 0 Å². The summed E-state index contributed by atoms with van der Waals surface area (Å²) in [5, 5.41) is 9.67. The van der Waals surface area contributed by atoms with E-state index in [-0.39, 0.29) is 48.1 Å². The van der Waals surface area contributed by atoms with Crippen LogP contribution in [0.25, 0.3) is 11.0 Å². The van der Waals surface area contributed by atoms with Gasteiger partial charge >= 0.3 is 5.69 Å². The third kappa shape index (κ3) is 4.96. The summed E-state index contributed by atoms with van der Waals surface area (Å²) in [6.45, 7) is 8.34. The number of pyridine rings is 1. The summed E-state index contributed by atoms with van der Waals surface area (Å²) in [6, 6.07) is 11.1. The SMILES string of the molecule is CC(C)Cn1c(=O)[nH]c(=O)c2c(C(=O)N(CCO)Cc3ccccc3)cc(C(C)C)nc21. The van der Waals surface area contributed by atoms with Crippen LogP contribution < -0.4 is 11.2 Å². The second-order valence-electron chi connectivity index (χ2n) is 8.65. The summed E-state index contributed by atoms with van der Waals surface area (Å²) in [4.78, 5) is 47.5. The lowest BCUT2D eigenvalue weighted by Gasteiger charge is -2.23. The van der Waals surface area contributed by atoms with E-state index < -0.39 is 17.2 Å². The van der Waals surface area contributed by atoms with Crippen molar-refractivity contribution in [1.82, 2.24) is 19.4 Å². The van der Waals surface area contributed by atoms with Gasteiger partial charge in [-0.3, -0.25) is 19.1 Å². The van der Waals surface area contributed by atoms with Gasteiger partial charge in [-0.15, -0.1) is 0 Å². The number of fused-ring (bicyclic) bond motifs is 1. The highest BCUT2D eigenvalue weighted by atomic mass is 16.3. The highest BCUT2D eigenvalue weighted by Crippen LogP contribution is 2.22. The molecule has 170 valence electrons. The van der Waals surface area contributed by atoms with Gasteiger partial charge in [0.25, 0.3) is 11.5 Å². The fourth-order valence-electron chi connectivity index (χ4n) is 3.64. The number of rotatable bonds is 8. The number of aliphatic hydroxyl groups is 1. The van der Waals surface area contributed by atoms with Crippen molar-refractivity contribution in [2.45, 2.75) is 46.7 Å². The molecule has 8 heteroatoms. The van der Waals surface area contributed by atoms with Gasteiger partial charge in [0.1, 0.15) is 0 Å². The van der Waals surface area contributed by atoms with Crippen LogP contribution in [0.5, 0.6) is 0 Å². The monoisotopic (exact) mass is 438 g/mol. The van der Waals surface area contributed by atoms with Crippen LogP contribution in [-0.2, 0) is 13.1 Å². The van der Waals surface area contributed by atoms with Crippen LogP contribution in [0, 0.1) is 5.92 Å². The highest BCUT2D eigenvalue weighted by Gasteiger charge is 2.24. The normalized spacial score (nSPS) is 11.5. The average molecular weight is 439 g/mol. The number of carbonyl (C=O) groups excluding carboxylic acids is 1. The van der Waals surface area contributed by atoms with Crippen LogP contribution in [0.15, 0.2) is 46.0 Å². The minimum Gasteiger partial charge on any atom is -0.395 e. The predicted octanol–water partition coefficient (Wildman–Crippen LogP) is 2.50. The van der Waals surface area contributed by atoms with Crippen LogP contribution in [0.1, 0.15) is 55.2 Å². The second kappa shape index (κ2) is 9.91. The Labute approximate surface area is 186 Å². The van der Waals surface area contributed by atoms with Crippen molar-refractivity contribution in [1.29, 1.82) is 0 Å². The zero-order valence-electron chi connectivity index (χ0n) is 19.0. The molecular formula is C24H30N4O4. The molecule has 0 bridgehead atoms. The van der Waals surface area contributed by atoms with E-state index in [1.54, 1.807) is 6.07 Å². The number of amides is 1. The summed E-state index contributed by atoms with van der Waals surface area (Å²) in [5.74, 6) is -0.278. The maximum atomic E-state index is 13.6. The lowest BCUT2D eigenvalue weighted by Crippen LogP contribution is -2.36. The molecule has 0 aliphatic rings. The van der Waals surface area contributed by atoms with Gasteiger partial charge in [0.2, 0.25) is 0 Å². The molecule has 2 aromatic heterocycles. The van der Waals surface area contributed by atoms with Gasteiger partial charge in [0, 0.05) is 25.3 Å². The zero-order valence-corrected chi connectivity index (χ0v) is 19.0. The highest BCUT2D eigenvalue weighted by molar-refractivity contribution is 6.05. The molecule has 1 aromatic carbocycles. The van der Waals surface area contributed by atoms with Crippen molar-refractivity contribution < 1.29 is 9.90 Å². The number of benzene rings is 1. The van der Waals surface area contributed by atoms with E-state index in [4.69, 9.17) is 0 Å². The number of H-pyrrole nitrogens is 1. The van der Waals surface area contributed by atoms with E-state index in [0.29, 0.717) is 12.2 Å². The van der Waals surface area contributed by atoms with Crippen LogP contribution in [0.4, 0.5) is 0 Å². The van der Waals surface area contributed by atoms with Crippen molar-refractivity contribution in [2.24, 2.45) is 5.92 Å². The van der Waals surface area contributed by atoms with Gasteiger partial charge in [0.15, 0.2) is 5.65 Å². The Morgan fingerprint density at radius 1 is 1.16 bits per heavy atom. The average Bonchev–Trinajstić information content (AvgIpc) is 2.75. The molecule has 1 amide bonds. The molecule has 0 aliphatic heterocycles. The summed E-state index contributed by atoms with van der Waals surface area (Å²) in [5.41, 5.74) is 0.737. The van der Waals surface area contributed by atoms with E-state index in [1.807, 2.05) is 58.0 Å². The van der Waals surface area contributed by atoms with Crippen LogP contribution >= 0.6 is 0 Å². The molecule has 0 radical (unpaired) electrons. The fraction of sp³-hybridized carbons (Fsp3) is 0.417. The maximum Gasteiger partial charge on any atom is 0.330 e. The van der Waals surface area contributed by atoms with Crippen molar-refractivity contribution >= 4 is 16.9 Å². The van der Waals surface area contributed by atoms with Crippen molar-refractivity contribution in [2.75, 3.05) is 13.2 Å². The van der Waals surface area contributed by atoms with Gasteiger partial charge in [-0.1, -0.05) is 58.0 Å². The van der Waals surface area contributed by atoms with E-state index in [1.165, 1.54) is 9.47 Å². The Morgan fingerprint density at radius 2 is 1.84 bits per heavy atom. The Morgan fingerprint density at radius 3 is 2.44 bits per heavy atom. The lowest BCUT2D eigenvalue weighted by atomic mass is 10.0. The molecule has 3 aromatic rings. The summed E-state index contributed by atoms with van der Waals surface area (Å²) in [6.07, 6.45) is 0. The van der Waals surface area contributed by atoms with Gasteiger partial charge in [-0.2, -0.15) is 0 Å². The molecule has 3 rings (SSSR count). The summed E-state index contributed by atoms with van der Waals surface area (Å²) in [7, 11) is 0. The first-order valence-electron chi connectivity index (χ1n) is 10.8. The number of aromatic amines is 1. The number of nitrogens with zero attached hydrogens (tertiary/aromatic N) is 3. The van der Waals surface area contributed by atoms with Gasteiger partial charge in [0.05, 0.1) is 17.6 Å². The third-order valence-electron chi connectivity index (χ3n) is 5.21. The fourth-order valence-corrected chi connectivity index (χ4v) is 3.64. The quantitative estimate of drug-likeness (QED) is 0.562. The summed E-state index contributed by atoms with van der Waals surface area (Å²) >= 11 is 0. The first kappa shape index (κ1) is 23.4. The standard InChI is InChI=1S/C24H30N4O4/c1-15(2)13-28-21-20(22(30)26-24(28)32)18(12-19(25-21)16(3)4)23(31)27(10-11-29)14-17-8-6-5-7-9-17/h5-9,12,15-16,29H,10-11,13-14H2,1-4H3,(H,26,30,32). The van der Waals surface area contributed by atoms with Crippen molar-refractivity contribution in [3.05, 3.63) is 74.1 Å². The Hall–Kier alpha value is -3.26. The van der Waals surface area contributed by atoms with Crippen molar-refractivity contribution in [3.8, 4) is 0 Å². The van der Waals surface area contributed by atoms with E-state index >= 15 is 0 Å². The smallest absolute Gasteiger partial charge is 0.330 e. The molecule has 0 aliphatic carbocycles. The number of aromatic nitrogens is 3. The molecule has 0 fully saturated rings. The molecule has 0 unspecified atom stereocenters. The largest absolute Gasteiger partial charge is 0.395 e. The Bertz CT molecular complexity index is 1210. The van der Waals surface area contributed by atoms with Crippen LogP contribution in [0.2, 0.25) is 0 Å². The number of aliphatic hydroxyl groups excluding tert-OH is 1.